The number of nitrogens with one attached hydrogen (secondary N) is 2. The van der Waals surface area contributed by atoms with Gasteiger partial charge in [0.05, 0.1) is 0 Å². The van der Waals surface area contributed by atoms with E-state index in [1.807, 2.05) is 0 Å². The number of hydrogen-bond acceptors (Lipinski definition) is 3. The molecule has 0 aromatic heterocycles. The first-order valence-electron chi connectivity index (χ1n) is 7.35. The Morgan fingerprint density at radius 3 is 2.60 bits per heavy atom. The number of hydrogen-bond donors (Lipinski definition) is 2. The van der Waals surface area contributed by atoms with Crippen LogP contribution < -0.4 is 10.6 Å². The van der Waals surface area contributed by atoms with Crippen molar-refractivity contribution in [3.63, 3.8) is 0 Å². The Balaban J connectivity index is 1.94. The molecule has 2 rings (SSSR count). The molecule has 1 heterocycles. The fourth-order valence-electron chi connectivity index (χ4n) is 2.98. The van der Waals surface area contributed by atoms with Crippen LogP contribution in [0.15, 0.2) is 0 Å². The van der Waals surface area contributed by atoms with Gasteiger partial charge >= 0.3 is 6.03 Å². The minimum atomic E-state index is -0.771. The summed E-state index contributed by atoms with van der Waals surface area (Å²) >= 11 is 0. The smallest absolute Gasteiger partial charge is 0.325 e. The van der Waals surface area contributed by atoms with E-state index >= 15 is 0 Å². The van der Waals surface area contributed by atoms with Crippen LogP contribution in [0.25, 0.3) is 0 Å². The molecule has 2 aliphatic rings. The van der Waals surface area contributed by atoms with Crippen LogP contribution in [-0.4, -0.2) is 41.4 Å². The van der Waals surface area contributed by atoms with Crippen molar-refractivity contribution < 1.29 is 14.4 Å². The highest BCUT2D eigenvalue weighted by Crippen LogP contribution is 2.38. The van der Waals surface area contributed by atoms with Gasteiger partial charge in [0.25, 0.3) is 5.91 Å². The minimum absolute atomic E-state index is 0.0321. The largest absolute Gasteiger partial charge is 0.355 e. The summed E-state index contributed by atoms with van der Waals surface area (Å²) < 4.78 is 0. The van der Waals surface area contributed by atoms with Crippen LogP contribution in [0.3, 0.4) is 0 Å². The fraction of sp³-hybridized carbons (Fsp3) is 0.786. The lowest BCUT2D eigenvalue weighted by molar-refractivity contribution is -0.128. The van der Waals surface area contributed by atoms with Gasteiger partial charge in [-0.1, -0.05) is 26.7 Å². The first-order chi connectivity index (χ1) is 9.45. The molecule has 0 radical (unpaired) electrons. The van der Waals surface area contributed by atoms with Crippen molar-refractivity contribution in [3.8, 4) is 0 Å². The van der Waals surface area contributed by atoms with Gasteiger partial charge < -0.3 is 10.2 Å². The molecule has 1 aliphatic carbocycles. The molecular weight excluding hydrogens is 258 g/mol. The van der Waals surface area contributed by atoms with E-state index in [1.165, 1.54) is 4.90 Å². The zero-order chi connectivity index (χ0) is 14.8. The standard InChI is InChI=1S/C14H23N3O3/c1-10(2)5-8-15-11(18)9-17-13(20)16-12(19)14(17)6-3-4-7-14/h10H,3-9H2,1-2H3,(H,15,18)(H,16,19,20). The molecule has 1 aliphatic heterocycles. The Kier molecular flexibility index (Phi) is 4.30. The summed E-state index contributed by atoms with van der Waals surface area (Å²) in [6, 6.07) is -0.434. The van der Waals surface area contributed by atoms with Gasteiger partial charge in [-0.2, -0.15) is 0 Å². The highest BCUT2D eigenvalue weighted by atomic mass is 16.2. The van der Waals surface area contributed by atoms with E-state index in [4.69, 9.17) is 0 Å². The monoisotopic (exact) mass is 281 g/mol. The predicted octanol–water partition coefficient (Wildman–Crippen LogP) is 1.01. The molecule has 6 nitrogen and oxygen atoms in total. The Morgan fingerprint density at radius 1 is 1.35 bits per heavy atom. The number of rotatable bonds is 5. The van der Waals surface area contributed by atoms with Crippen molar-refractivity contribution in [1.82, 2.24) is 15.5 Å². The molecule has 1 saturated carbocycles. The fourth-order valence-corrected chi connectivity index (χ4v) is 2.98. The van der Waals surface area contributed by atoms with E-state index < -0.39 is 11.6 Å². The van der Waals surface area contributed by atoms with E-state index in [1.54, 1.807) is 0 Å². The summed E-state index contributed by atoms with van der Waals surface area (Å²) in [6.45, 7) is 4.75. The maximum absolute atomic E-state index is 12.0. The Hall–Kier alpha value is -1.59. The molecule has 112 valence electrons. The van der Waals surface area contributed by atoms with Gasteiger partial charge in [-0.05, 0) is 25.2 Å². The van der Waals surface area contributed by atoms with Gasteiger partial charge in [-0.3, -0.25) is 14.9 Å². The summed E-state index contributed by atoms with van der Waals surface area (Å²) in [6.07, 6.45) is 4.06. The van der Waals surface area contributed by atoms with Gasteiger partial charge in [-0.25, -0.2) is 4.79 Å². The average Bonchev–Trinajstić information content (AvgIpc) is 2.92. The number of amides is 4. The van der Waals surface area contributed by atoms with Crippen LogP contribution in [0, 0.1) is 5.92 Å². The summed E-state index contributed by atoms with van der Waals surface area (Å²) in [5, 5.41) is 5.16. The molecule has 0 aromatic rings. The maximum atomic E-state index is 12.0. The number of imide groups is 1. The second kappa shape index (κ2) is 5.81. The van der Waals surface area contributed by atoms with Crippen LogP contribution >= 0.6 is 0 Å². The SMILES string of the molecule is CC(C)CCNC(=O)CN1C(=O)NC(=O)C12CCCC2. The molecule has 0 atom stereocenters. The van der Waals surface area contributed by atoms with E-state index in [0.717, 1.165) is 19.3 Å². The van der Waals surface area contributed by atoms with Crippen molar-refractivity contribution in [1.29, 1.82) is 0 Å². The molecule has 0 bridgehead atoms. The van der Waals surface area contributed by atoms with E-state index in [0.29, 0.717) is 25.3 Å². The lowest BCUT2D eigenvalue weighted by Gasteiger charge is -2.30. The van der Waals surface area contributed by atoms with Gasteiger partial charge in [0.15, 0.2) is 0 Å². The number of carbonyl (C=O) groups is 3. The molecule has 1 saturated heterocycles. The zero-order valence-electron chi connectivity index (χ0n) is 12.2. The summed E-state index contributed by atoms with van der Waals surface area (Å²) in [7, 11) is 0. The number of nitrogens with zero attached hydrogens (tertiary/aromatic N) is 1. The molecule has 0 unspecified atom stereocenters. The van der Waals surface area contributed by atoms with Crippen LogP contribution in [0.1, 0.15) is 46.0 Å². The first kappa shape index (κ1) is 14.8. The van der Waals surface area contributed by atoms with Crippen molar-refractivity contribution >= 4 is 17.8 Å². The molecule has 6 heteroatoms. The lowest BCUT2D eigenvalue weighted by Crippen LogP contribution is -2.51. The normalized spacial score (nSPS) is 20.9. The van der Waals surface area contributed by atoms with Crippen LogP contribution in [0.4, 0.5) is 4.79 Å². The first-order valence-corrected chi connectivity index (χ1v) is 7.35. The Bertz CT molecular complexity index is 414. The molecule has 2 N–H and O–H groups in total. The molecule has 2 fully saturated rings. The quantitative estimate of drug-likeness (QED) is 0.738. The van der Waals surface area contributed by atoms with Crippen molar-refractivity contribution in [2.75, 3.05) is 13.1 Å². The third kappa shape index (κ3) is 2.78. The Labute approximate surface area is 119 Å². The van der Waals surface area contributed by atoms with Gasteiger partial charge in [0, 0.05) is 6.54 Å². The lowest BCUT2D eigenvalue weighted by atomic mass is 9.96. The van der Waals surface area contributed by atoms with Gasteiger partial charge in [-0.15, -0.1) is 0 Å². The van der Waals surface area contributed by atoms with E-state index in [-0.39, 0.29) is 18.4 Å². The molecular formula is C14H23N3O3. The highest BCUT2D eigenvalue weighted by Gasteiger charge is 2.54. The number of urea groups is 1. The second-order valence-electron chi connectivity index (χ2n) is 6.12. The van der Waals surface area contributed by atoms with Crippen molar-refractivity contribution in [2.45, 2.75) is 51.5 Å². The third-order valence-corrected chi connectivity index (χ3v) is 4.18. The van der Waals surface area contributed by atoms with E-state index in [2.05, 4.69) is 24.5 Å². The second-order valence-corrected chi connectivity index (χ2v) is 6.12. The molecule has 20 heavy (non-hydrogen) atoms. The molecule has 1 spiro atoms. The third-order valence-electron chi connectivity index (χ3n) is 4.18. The molecule has 0 aromatic carbocycles. The number of carbonyl (C=O) groups excluding carboxylic acids is 3. The van der Waals surface area contributed by atoms with Crippen molar-refractivity contribution in [2.24, 2.45) is 5.92 Å². The summed E-state index contributed by atoms with van der Waals surface area (Å²) in [4.78, 5) is 37.2. The molecule has 4 amide bonds. The van der Waals surface area contributed by atoms with Crippen LogP contribution in [0.2, 0.25) is 0 Å². The minimum Gasteiger partial charge on any atom is -0.355 e. The van der Waals surface area contributed by atoms with Crippen molar-refractivity contribution in [3.05, 3.63) is 0 Å². The average molecular weight is 281 g/mol. The maximum Gasteiger partial charge on any atom is 0.325 e. The predicted molar refractivity (Wildman–Crippen MR) is 73.9 cm³/mol. The van der Waals surface area contributed by atoms with E-state index in [9.17, 15) is 14.4 Å². The summed E-state index contributed by atoms with van der Waals surface area (Å²) in [5.41, 5.74) is -0.771. The van der Waals surface area contributed by atoms with Gasteiger partial charge in [0.1, 0.15) is 12.1 Å². The van der Waals surface area contributed by atoms with Crippen LogP contribution in [-0.2, 0) is 9.59 Å². The topological polar surface area (TPSA) is 78.5 Å². The Morgan fingerprint density at radius 2 is 2.00 bits per heavy atom. The van der Waals surface area contributed by atoms with Crippen LogP contribution in [0.5, 0.6) is 0 Å². The zero-order valence-corrected chi connectivity index (χ0v) is 12.2. The highest BCUT2D eigenvalue weighted by molar-refractivity contribution is 6.08. The summed E-state index contributed by atoms with van der Waals surface area (Å²) in [5.74, 6) is 0.0879. The van der Waals surface area contributed by atoms with Gasteiger partial charge in [0.2, 0.25) is 5.91 Å².